The van der Waals surface area contributed by atoms with Crippen molar-refractivity contribution in [2.45, 2.75) is 17.8 Å². The van der Waals surface area contributed by atoms with Crippen molar-refractivity contribution < 1.29 is 0 Å². The van der Waals surface area contributed by atoms with Crippen molar-refractivity contribution >= 4 is 17.4 Å². The third-order valence-electron chi connectivity index (χ3n) is 2.20. The number of nitrogens with one attached hydrogen (secondary N) is 1. The number of hydrogen-bond donors (Lipinski definition) is 2. The Kier molecular flexibility index (Phi) is 3.43. The minimum absolute atomic E-state index is 0.195. The average molecular weight is 248 g/mol. The highest BCUT2D eigenvalue weighted by atomic mass is 32.2. The van der Waals surface area contributed by atoms with Crippen molar-refractivity contribution in [3.63, 3.8) is 0 Å². The molecule has 5 nitrogen and oxygen atoms in total. The van der Waals surface area contributed by atoms with Crippen LogP contribution >= 0.6 is 11.8 Å². The topological polar surface area (TPSA) is 84.7 Å². The van der Waals surface area contributed by atoms with E-state index in [-0.39, 0.29) is 5.56 Å². The zero-order valence-corrected chi connectivity index (χ0v) is 10.1. The van der Waals surface area contributed by atoms with E-state index in [1.54, 1.807) is 6.92 Å². The highest BCUT2D eigenvalue weighted by molar-refractivity contribution is 7.98. The summed E-state index contributed by atoms with van der Waals surface area (Å²) in [6.07, 6.45) is 0. The Labute approximate surface area is 102 Å². The maximum Gasteiger partial charge on any atom is 0.273 e. The van der Waals surface area contributed by atoms with Gasteiger partial charge in [0.2, 0.25) is 0 Å². The summed E-state index contributed by atoms with van der Waals surface area (Å²) in [6.45, 7) is 1.63. The number of nitrogens with zero attached hydrogens (tertiary/aromatic N) is 2. The second-order valence-electron chi connectivity index (χ2n) is 3.57. The quantitative estimate of drug-likeness (QED) is 0.632. The number of thioether (sulfide) groups is 1. The first kappa shape index (κ1) is 11.7. The van der Waals surface area contributed by atoms with Gasteiger partial charge in [-0.3, -0.25) is 9.78 Å². The predicted molar refractivity (Wildman–Crippen MR) is 67.8 cm³/mol. The van der Waals surface area contributed by atoms with Gasteiger partial charge in [-0.25, -0.2) is 0 Å². The van der Waals surface area contributed by atoms with Gasteiger partial charge in [-0.1, -0.05) is 23.9 Å². The Balaban J connectivity index is 2.04. The van der Waals surface area contributed by atoms with Crippen molar-refractivity contribution in [3.05, 3.63) is 45.9 Å². The zero-order valence-electron chi connectivity index (χ0n) is 9.30. The number of rotatable bonds is 3. The molecule has 0 unspecified atom stereocenters. The second kappa shape index (κ2) is 5.01. The van der Waals surface area contributed by atoms with Crippen molar-refractivity contribution in [1.29, 1.82) is 0 Å². The molecule has 0 bridgehead atoms. The summed E-state index contributed by atoms with van der Waals surface area (Å²) in [4.78, 5) is 14.0. The molecule has 1 aromatic heterocycles. The van der Waals surface area contributed by atoms with Crippen LogP contribution in [-0.2, 0) is 5.75 Å². The van der Waals surface area contributed by atoms with Gasteiger partial charge in [0.05, 0.1) is 0 Å². The van der Waals surface area contributed by atoms with E-state index in [1.165, 1.54) is 11.8 Å². The van der Waals surface area contributed by atoms with Crippen molar-refractivity contribution in [3.8, 4) is 0 Å². The fraction of sp³-hybridized carbons (Fsp3) is 0.182. The lowest BCUT2D eigenvalue weighted by Gasteiger charge is -2.01. The fourth-order valence-corrected chi connectivity index (χ4v) is 1.97. The van der Waals surface area contributed by atoms with Gasteiger partial charge >= 0.3 is 0 Å². The SMILES string of the molecule is Cc1nnc(SCc2ccc(N)cc2)[nH]c1=O. The molecule has 0 aliphatic rings. The molecule has 3 N–H and O–H groups in total. The monoisotopic (exact) mass is 248 g/mol. The lowest BCUT2D eigenvalue weighted by molar-refractivity contribution is 0.790. The molecule has 0 saturated heterocycles. The van der Waals surface area contributed by atoms with Crippen LogP contribution in [0, 0.1) is 6.92 Å². The molecule has 0 spiro atoms. The minimum Gasteiger partial charge on any atom is -0.399 e. The van der Waals surface area contributed by atoms with Gasteiger partial charge in [0.25, 0.3) is 5.56 Å². The first-order chi connectivity index (χ1) is 8.15. The molecule has 0 fully saturated rings. The predicted octanol–water partition coefficient (Wildman–Crippen LogP) is 1.35. The van der Waals surface area contributed by atoms with Gasteiger partial charge in [0, 0.05) is 11.4 Å². The molecule has 2 aromatic rings. The Bertz CT molecular complexity index is 564. The van der Waals surface area contributed by atoms with E-state index >= 15 is 0 Å². The van der Waals surface area contributed by atoms with Gasteiger partial charge in [-0.05, 0) is 24.6 Å². The molecule has 0 amide bonds. The smallest absolute Gasteiger partial charge is 0.273 e. The fourth-order valence-electron chi connectivity index (χ4n) is 1.21. The highest BCUT2D eigenvalue weighted by Crippen LogP contribution is 2.18. The van der Waals surface area contributed by atoms with Crippen LogP contribution in [0.2, 0.25) is 0 Å². The second-order valence-corrected chi connectivity index (χ2v) is 4.54. The largest absolute Gasteiger partial charge is 0.399 e. The maximum absolute atomic E-state index is 11.3. The summed E-state index contributed by atoms with van der Waals surface area (Å²) < 4.78 is 0. The third kappa shape index (κ3) is 3.07. The third-order valence-corrected chi connectivity index (χ3v) is 3.13. The molecule has 0 atom stereocenters. The van der Waals surface area contributed by atoms with E-state index in [0.29, 0.717) is 16.6 Å². The summed E-state index contributed by atoms with van der Waals surface area (Å²) >= 11 is 1.43. The maximum atomic E-state index is 11.3. The number of nitrogens with two attached hydrogens (primary N) is 1. The Morgan fingerprint density at radius 2 is 2.00 bits per heavy atom. The van der Waals surface area contributed by atoms with Crippen LogP contribution < -0.4 is 11.3 Å². The van der Waals surface area contributed by atoms with E-state index in [0.717, 1.165) is 11.3 Å². The molecule has 17 heavy (non-hydrogen) atoms. The van der Waals surface area contributed by atoms with E-state index in [2.05, 4.69) is 15.2 Å². The molecule has 0 saturated carbocycles. The number of anilines is 1. The normalized spacial score (nSPS) is 10.4. The van der Waals surface area contributed by atoms with Gasteiger partial charge in [-0.15, -0.1) is 10.2 Å². The van der Waals surface area contributed by atoms with E-state index < -0.39 is 0 Å². The lowest BCUT2D eigenvalue weighted by atomic mass is 10.2. The first-order valence-electron chi connectivity index (χ1n) is 5.06. The van der Waals surface area contributed by atoms with Gasteiger partial charge in [0.15, 0.2) is 5.16 Å². The Hall–Kier alpha value is -1.82. The van der Waals surface area contributed by atoms with Crippen LogP contribution in [0.5, 0.6) is 0 Å². The van der Waals surface area contributed by atoms with Crippen LogP contribution in [0.3, 0.4) is 0 Å². The number of aromatic nitrogens is 3. The molecule has 0 radical (unpaired) electrons. The molecule has 2 rings (SSSR count). The van der Waals surface area contributed by atoms with E-state index in [4.69, 9.17) is 5.73 Å². The molecule has 88 valence electrons. The van der Waals surface area contributed by atoms with E-state index in [9.17, 15) is 4.79 Å². The number of H-pyrrole nitrogens is 1. The summed E-state index contributed by atoms with van der Waals surface area (Å²) in [7, 11) is 0. The average Bonchev–Trinajstić information content (AvgIpc) is 2.33. The van der Waals surface area contributed by atoms with Gasteiger partial charge < -0.3 is 5.73 Å². The first-order valence-corrected chi connectivity index (χ1v) is 6.04. The highest BCUT2D eigenvalue weighted by Gasteiger charge is 2.01. The lowest BCUT2D eigenvalue weighted by Crippen LogP contribution is -2.14. The zero-order chi connectivity index (χ0) is 12.3. The molecule has 0 aliphatic carbocycles. The number of nitrogen functional groups attached to an aromatic ring is 1. The summed E-state index contributed by atoms with van der Waals surface area (Å²) in [5, 5.41) is 8.20. The number of aromatic amines is 1. The molecular formula is C11H12N4OS. The number of hydrogen-bond acceptors (Lipinski definition) is 5. The van der Waals surface area contributed by atoms with E-state index in [1.807, 2.05) is 24.3 Å². The number of aryl methyl sites for hydroxylation is 1. The summed E-state index contributed by atoms with van der Waals surface area (Å²) in [5.41, 5.74) is 7.63. The van der Waals surface area contributed by atoms with Gasteiger partial charge in [-0.2, -0.15) is 0 Å². The van der Waals surface area contributed by atoms with Crippen molar-refractivity contribution in [1.82, 2.24) is 15.2 Å². The van der Waals surface area contributed by atoms with Crippen LogP contribution in [0.15, 0.2) is 34.2 Å². The van der Waals surface area contributed by atoms with Crippen LogP contribution in [0.25, 0.3) is 0 Å². The Morgan fingerprint density at radius 3 is 2.65 bits per heavy atom. The standard InChI is InChI=1S/C11H12N4OS/c1-7-10(16)13-11(15-14-7)17-6-8-2-4-9(12)5-3-8/h2-5H,6,12H2,1H3,(H,13,15,16). The van der Waals surface area contributed by atoms with Crippen LogP contribution in [-0.4, -0.2) is 15.2 Å². The summed E-state index contributed by atoms with van der Waals surface area (Å²) in [5.74, 6) is 0.716. The van der Waals surface area contributed by atoms with Crippen LogP contribution in [0.1, 0.15) is 11.3 Å². The molecular weight excluding hydrogens is 236 g/mol. The summed E-state index contributed by atoms with van der Waals surface area (Å²) in [6, 6.07) is 7.59. The molecule has 1 heterocycles. The van der Waals surface area contributed by atoms with Crippen LogP contribution in [0.4, 0.5) is 5.69 Å². The van der Waals surface area contributed by atoms with Crippen molar-refractivity contribution in [2.75, 3.05) is 5.73 Å². The number of benzene rings is 1. The van der Waals surface area contributed by atoms with Crippen molar-refractivity contribution in [2.24, 2.45) is 0 Å². The van der Waals surface area contributed by atoms with Gasteiger partial charge in [0.1, 0.15) is 5.69 Å². The molecule has 6 heteroatoms. The molecule has 1 aromatic carbocycles. The minimum atomic E-state index is -0.195. The molecule has 0 aliphatic heterocycles. The Morgan fingerprint density at radius 1 is 1.29 bits per heavy atom.